The van der Waals surface area contributed by atoms with Crippen molar-refractivity contribution in [3.8, 4) is 16.9 Å². The van der Waals surface area contributed by atoms with E-state index in [0.717, 1.165) is 63.3 Å². The van der Waals surface area contributed by atoms with Crippen LogP contribution >= 0.6 is 11.3 Å². The number of hydrogen-bond donors (Lipinski definition) is 2. The summed E-state index contributed by atoms with van der Waals surface area (Å²) in [5.41, 5.74) is 4.67. The van der Waals surface area contributed by atoms with E-state index in [0.29, 0.717) is 18.8 Å². The van der Waals surface area contributed by atoms with Crippen molar-refractivity contribution in [2.45, 2.75) is 58.9 Å². The summed E-state index contributed by atoms with van der Waals surface area (Å²) >= 11 is 1.64. The molecule has 0 unspecified atom stereocenters. The van der Waals surface area contributed by atoms with Crippen LogP contribution in [0.3, 0.4) is 0 Å². The summed E-state index contributed by atoms with van der Waals surface area (Å²) in [7, 11) is 0. The van der Waals surface area contributed by atoms with Crippen LogP contribution in [0.2, 0.25) is 0 Å². The average Bonchev–Trinajstić information content (AvgIpc) is 3.07. The average molecular weight is 522 g/mol. The minimum Gasteiger partial charge on any atom is -0.494 e. The molecule has 194 valence electrons. The van der Waals surface area contributed by atoms with E-state index in [1.807, 2.05) is 44.2 Å². The molecule has 0 bridgehead atoms. The molecular formula is C30H32FNO4S. The van der Waals surface area contributed by atoms with Gasteiger partial charge in [0.1, 0.15) is 11.6 Å². The Morgan fingerprint density at radius 3 is 2.41 bits per heavy atom. The molecule has 2 aliphatic carbocycles. The van der Waals surface area contributed by atoms with Gasteiger partial charge in [0, 0.05) is 21.9 Å². The lowest BCUT2D eigenvalue weighted by Gasteiger charge is -2.56. The zero-order valence-corrected chi connectivity index (χ0v) is 22.2. The molecule has 0 atom stereocenters. The van der Waals surface area contributed by atoms with Crippen LogP contribution in [-0.2, 0) is 11.2 Å². The molecule has 2 aromatic carbocycles. The summed E-state index contributed by atoms with van der Waals surface area (Å²) < 4.78 is 19.5. The van der Waals surface area contributed by atoms with E-state index in [4.69, 9.17) is 9.84 Å². The number of thiophene rings is 1. The molecule has 2 fully saturated rings. The first-order chi connectivity index (χ1) is 17.7. The first-order valence-corrected chi connectivity index (χ1v) is 13.6. The van der Waals surface area contributed by atoms with E-state index < -0.39 is 5.97 Å². The van der Waals surface area contributed by atoms with Crippen LogP contribution in [0.25, 0.3) is 11.1 Å². The van der Waals surface area contributed by atoms with Crippen LogP contribution in [0, 0.1) is 31.0 Å². The van der Waals surface area contributed by atoms with Crippen LogP contribution in [0.4, 0.5) is 4.39 Å². The van der Waals surface area contributed by atoms with Gasteiger partial charge >= 0.3 is 5.97 Å². The highest BCUT2D eigenvalue weighted by Gasteiger charge is 2.55. The molecule has 0 radical (unpaired) electrons. The molecule has 5 rings (SSSR count). The van der Waals surface area contributed by atoms with Crippen LogP contribution in [0.5, 0.6) is 5.75 Å². The zero-order chi connectivity index (χ0) is 26.3. The SMILES string of the molecule is CCOc1cc(F)cc(-c2ccc(Cc3c(C)sc(C)c3C(=O)NC3CC4(C3)CC(C(=O)O)C4)cc2)c1. The highest BCUT2D eigenvalue weighted by molar-refractivity contribution is 7.12. The number of carbonyl (C=O) groups is 2. The van der Waals surface area contributed by atoms with E-state index in [1.54, 1.807) is 11.3 Å². The minimum atomic E-state index is -0.702. The van der Waals surface area contributed by atoms with E-state index >= 15 is 0 Å². The number of nitrogens with one attached hydrogen (secondary N) is 1. The summed E-state index contributed by atoms with van der Waals surface area (Å²) in [6.45, 7) is 6.39. The standard InChI is InChI=1S/C30H32FNO4S/c1-4-36-25-11-21(10-23(31)12-25)20-7-5-19(6-8-20)9-26-17(2)37-18(3)27(26)28(33)32-24-15-30(16-24)13-22(14-30)29(34)35/h5-8,10-12,22,24H,4,9,13-16H2,1-3H3,(H,32,33)(H,34,35). The fourth-order valence-corrected chi connectivity index (χ4v) is 7.15. The molecule has 0 saturated heterocycles. The van der Waals surface area contributed by atoms with Gasteiger partial charge in [-0.05, 0) is 92.7 Å². The van der Waals surface area contributed by atoms with Crippen molar-refractivity contribution >= 4 is 23.2 Å². The first-order valence-electron chi connectivity index (χ1n) is 12.8. The number of aryl methyl sites for hydroxylation is 2. The third kappa shape index (κ3) is 5.14. The lowest BCUT2D eigenvalue weighted by Crippen LogP contribution is -2.57. The molecule has 1 heterocycles. The van der Waals surface area contributed by atoms with E-state index in [2.05, 4.69) is 12.2 Å². The van der Waals surface area contributed by atoms with Gasteiger partial charge in [-0.15, -0.1) is 11.3 Å². The number of aliphatic carboxylic acids is 1. The molecule has 3 aromatic rings. The largest absolute Gasteiger partial charge is 0.494 e. The molecule has 0 aliphatic heterocycles. The van der Waals surface area contributed by atoms with Crippen molar-refractivity contribution in [2.75, 3.05) is 6.61 Å². The zero-order valence-electron chi connectivity index (χ0n) is 21.4. The molecule has 1 aromatic heterocycles. The van der Waals surface area contributed by atoms with Gasteiger partial charge in [-0.1, -0.05) is 24.3 Å². The molecule has 2 N–H and O–H groups in total. The summed E-state index contributed by atoms with van der Waals surface area (Å²) in [5, 5.41) is 12.4. The van der Waals surface area contributed by atoms with Crippen molar-refractivity contribution in [2.24, 2.45) is 11.3 Å². The first kappa shape index (κ1) is 25.5. The van der Waals surface area contributed by atoms with Crippen molar-refractivity contribution in [1.82, 2.24) is 5.32 Å². The van der Waals surface area contributed by atoms with E-state index in [-0.39, 0.29) is 29.1 Å². The third-order valence-corrected chi connectivity index (χ3v) is 8.93. The molecular weight excluding hydrogens is 489 g/mol. The monoisotopic (exact) mass is 521 g/mol. The lowest BCUT2D eigenvalue weighted by molar-refractivity contribution is -0.155. The maximum atomic E-state index is 14.1. The summed E-state index contributed by atoms with van der Waals surface area (Å²) in [6, 6.07) is 12.9. The van der Waals surface area contributed by atoms with Crippen molar-refractivity contribution < 1.29 is 23.8 Å². The van der Waals surface area contributed by atoms with Crippen LogP contribution < -0.4 is 10.1 Å². The second kappa shape index (κ2) is 9.93. The Morgan fingerprint density at radius 1 is 1.05 bits per heavy atom. The maximum absolute atomic E-state index is 14.1. The van der Waals surface area contributed by atoms with Gasteiger partial charge in [0.15, 0.2) is 0 Å². The van der Waals surface area contributed by atoms with Gasteiger partial charge in [-0.2, -0.15) is 0 Å². The number of rotatable bonds is 8. The van der Waals surface area contributed by atoms with Gasteiger partial charge in [0.2, 0.25) is 0 Å². The maximum Gasteiger partial charge on any atom is 0.306 e. The predicted octanol–water partition coefficient (Wildman–Crippen LogP) is 6.53. The van der Waals surface area contributed by atoms with E-state index in [9.17, 15) is 14.0 Å². The number of carboxylic acids is 1. The second-order valence-electron chi connectivity index (χ2n) is 10.6. The van der Waals surface area contributed by atoms with Gasteiger partial charge in [-0.3, -0.25) is 9.59 Å². The Morgan fingerprint density at radius 2 is 1.76 bits per heavy atom. The number of benzene rings is 2. The quantitative estimate of drug-likeness (QED) is 0.353. The Hall–Kier alpha value is -3.19. The Kier molecular flexibility index (Phi) is 6.84. The van der Waals surface area contributed by atoms with Crippen LogP contribution in [0.1, 0.15) is 63.8 Å². The van der Waals surface area contributed by atoms with Crippen LogP contribution in [0.15, 0.2) is 42.5 Å². The Balaban J connectivity index is 1.26. The lowest BCUT2D eigenvalue weighted by atomic mass is 9.50. The minimum absolute atomic E-state index is 0.0364. The number of hydrogen-bond acceptors (Lipinski definition) is 4. The van der Waals surface area contributed by atoms with Crippen molar-refractivity contribution in [3.63, 3.8) is 0 Å². The van der Waals surface area contributed by atoms with Crippen molar-refractivity contribution in [1.29, 1.82) is 0 Å². The predicted molar refractivity (Wildman–Crippen MR) is 143 cm³/mol. The normalized spacial score (nSPS) is 22.3. The Bertz CT molecular complexity index is 1330. The van der Waals surface area contributed by atoms with Gasteiger partial charge in [-0.25, -0.2) is 4.39 Å². The highest BCUT2D eigenvalue weighted by atomic mass is 32.1. The highest BCUT2D eigenvalue weighted by Crippen LogP contribution is 2.58. The Labute approximate surface area is 220 Å². The number of carbonyl (C=O) groups excluding carboxylic acids is 1. The van der Waals surface area contributed by atoms with Crippen molar-refractivity contribution in [3.05, 3.63) is 74.7 Å². The fraction of sp³-hybridized carbons (Fsp3) is 0.400. The number of amides is 1. The molecule has 37 heavy (non-hydrogen) atoms. The summed E-state index contributed by atoms with van der Waals surface area (Å²) in [6.07, 6.45) is 3.84. The van der Waals surface area contributed by atoms with Gasteiger partial charge < -0.3 is 15.2 Å². The fourth-order valence-electron chi connectivity index (χ4n) is 6.08. The molecule has 2 aliphatic rings. The topological polar surface area (TPSA) is 75.6 Å². The third-order valence-electron chi connectivity index (χ3n) is 7.86. The summed E-state index contributed by atoms with van der Waals surface area (Å²) in [4.78, 5) is 26.6. The van der Waals surface area contributed by atoms with E-state index in [1.165, 1.54) is 12.1 Å². The molecule has 1 amide bonds. The molecule has 2 saturated carbocycles. The number of ether oxygens (including phenoxy) is 1. The summed E-state index contributed by atoms with van der Waals surface area (Å²) in [5.74, 6) is -0.777. The number of carboxylic acid groups (broad SMARTS) is 1. The molecule has 7 heteroatoms. The van der Waals surface area contributed by atoms with Gasteiger partial charge in [0.05, 0.1) is 18.1 Å². The van der Waals surface area contributed by atoms with Gasteiger partial charge in [0.25, 0.3) is 5.91 Å². The number of halogens is 1. The molecule has 1 spiro atoms. The molecule has 5 nitrogen and oxygen atoms in total. The second-order valence-corrected chi connectivity index (χ2v) is 12.0. The smallest absolute Gasteiger partial charge is 0.306 e. The van der Waals surface area contributed by atoms with Crippen LogP contribution in [-0.4, -0.2) is 29.6 Å².